The van der Waals surface area contributed by atoms with Crippen molar-refractivity contribution < 1.29 is 8.23 Å². The van der Waals surface area contributed by atoms with Crippen molar-refractivity contribution in [1.82, 2.24) is 0 Å². The third-order valence-corrected chi connectivity index (χ3v) is 15.3. The Kier molecular flexibility index (Phi) is 9.54. The van der Waals surface area contributed by atoms with Gasteiger partial charge < -0.3 is 14.0 Å². The highest BCUT2D eigenvalue weighted by Crippen LogP contribution is 2.27. The van der Waals surface area contributed by atoms with Gasteiger partial charge in [-0.1, -0.05) is 25.8 Å². The predicted molar refractivity (Wildman–Crippen MR) is 102 cm³/mol. The monoisotopic (exact) mass is 347 g/mol. The van der Waals surface area contributed by atoms with E-state index in [-0.39, 0.29) is 0 Å². The van der Waals surface area contributed by atoms with Gasteiger partial charge in [-0.15, -0.1) is 0 Å². The smallest absolute Gasteiger partial charge is 0.340 e. The molecule has 0 aliphatic carbocycles. The lowest BCUT2D eigenvalue weighted by atomic mass is 10.4. The second-order valence-electron chi connectivity index (χ2n) is 7.24. The molecule has 0 bridgehead atoms. The molecule has 0 aromatic heterocycles. The van der Waals surface area contributed by atoms with Gasteiger partial charge in [-0.3, -0.25) is 0 Å². The van der Waals surface area contributed by atoms with Crippen molar-refractivity contribution in [3.63, 3.8) is 0 Å². The molecule has 6 heteroatoms. The number of unbranched alkanes of at least 4 members (excludes halogenated alkanes) is 1. The van der Waals surface area contributed by atoms with E-state index < -0.39 is 25.2 Å². The number of rotatable bonds is 11. The molecule has 1 atom stereocenters. The summed E-state index contributed by atoms with van der Waals surface area (Å²) >= 11 is 0. The summed E-state index contributed by atoms with van der Waals surface area (Å²) in [5.41, 5.74) is 7.87. The molecule has 126 valence electrons. The van der Waals surface area contributed by atoms with Gasteiger partial charge in [-0.2, -0.15) is 0 Å². The van der Waals surface area contributed by atoms with Crippen LogP contribution in [0.3, 0.4) is 0 Å². The van der Waals surface area contributed by atoms with Crippen molar-refractivity contribution in [2.75, 3.05) is 6.54 Å². The zero-order valence-corrected chi connectivity index (χ0v) is 18.3. The highest BCUT2D eigenvalue weighted by molar-refractivity contribution is 6.90. The summed E-state index contributed by atoms with van der Waals surface area (Å²) in [6.45, 7) is 16.5. The van der Waals surface area contributed by atoms with Crippen LogP contribution in [0.5, 0.6) is 0 Å². The van der Waals surface area contributed by atoms with Crippen LogP contribution in [0.15, 0.2) is 11.8 Å². The first-order valence-corrected chi connectivity index (χ1v) is 17.0. The minimum Gasteiger partial charge on any atom is -0.433 e. The molecule has 0 heterocycles. The average molecular weight is 348 g/mol. The first-order chi connectivity index (χ1) is 9.60. The zero-order valence-electron chi connectivity index (χ0n) is 15.3. The molecule has 0 aromatic carbocycles. The Balaban J connectivity index is 4.90. The van der Waals surface area contributed by atoms with Gasteiger partial charge in [0.2, 0.25) is 0 Å². The van der Waals surface area contributed by atoms with E-state index in [4.69, 9.17) is 14.0 Å². The second kappa shape index (κ2) is 9.42. The number of allylic oxidation sites excluding steroid dienone is 1. The Hall–Kier alpha value is 0.271. The van der Waals surface area contributed by atoms with Gasteiger partial charge in [0.25, 0.3) is 0 Å². The number of nitrogens with two attached hydrogens (primary N) is 1. The molecule has 2 N–H and O–H groups in total. The van der Waals surface area contributed by atoms with Gasteiger partial charge in [-0.25, -0.2) is 0 Å². The van der Waals surface area contributed by atoms with Gasteiger partial charge in [0.15, 0.2) is 16.6 Å². The van der Waals surface area contributed by atoms with Gasteiger partial charge in [0, 0.05) is 0 Å². The van der Waals surface area contributed by atoms with Crippen molar-refractivity contribution in [2.24, 2.45) is 5.73 Å². The lowest BCUT2D eigenvalue weighted by Crippen LogP contribution is -2.53. The summed E-state index contributed by atoms with van der Waals surface area (Å²) < 4.78 is 13.3. The lowest BCUT2D eigenvalue weighted by molar-refractivity contribution is 0.394. The molecule has 0 rings (SSSR count). The first kappa shape index (κ1) is 21.3. The van der Waals surface area contributed by atoms with Crippen LogP contribution in [0.2, 0.25) is 44.8 Å². The van der Waals surface area contributed by atoms with Crippen LogP contribution in [0.1, 0.15) is 33.1 Å². The first-order valence-electron chi connectivity index (χ1n) is 8.34. The Morgan fingerprint density at radius 3 is 1.76 bits per heavy atom. The third kappa shape index (κ3) is 9.80. The van der Waals surface area contributed by atoms with Gasteiger partial charge in [0.1, 0.15) is 0 Å². The number of hydrogen-bond donors (Lipinski definition) is 1. The van der Waals surface area contributed by atoms with Crippen LogP contribution < -0.4 is 5.73 Å². The normalized spacial score (nSPS) is 16.4. The van der Waals surface area contributed by atoms with Crippen LogP contribution >= 0.6 is 0 Å². The van der Waals surface area contributed by atoms with Crippen molar-refractivity contribution in [1.29, 1.82) is 0 Å². The maximum atomic E-state index is 6.66. The second-order valence-corrected chi connectivity index (χ2v) is 19.3. The van der Waals surface area contributed by atoms with E-state index in [1.54, 1.807) is 0 Å². The molecule has 3 nitrogen and oxygen atoms in total. The molecular formula is C15H37NO2Si3. The SMILES string of the molecule is C/C=C/[Si](C)(O[Si](C)(C)CCCC)O[Si](C)(C)CCCN. The Labute approximate surface area is 135 Å². The molecule has 1 unspecified atom stereocenters. The summed E-state index contributed by atoms with van der Waals surface area (Å²) in [4.78, 5) is 0. The lowest BCUT2D eigenvalue weighted by Gasteiger charge is -2.39. The van der Waals surface area contributed by atoms with Gasteiger partial charge in [-0.05, 0) is 70.4 Å². The average Bonchev–Trinajstić information content (AvgIpc) is 2.32. The van der Waals surface area contributed by atoms with E-state index in [1.165, 1.54) is 18.9 Å². The summed E-state index contributed by atoms with van der Waals surface area (Å²) in [5, 5.41) is 0. The minimum atomic E-state index is -2.22. The molecule has 21 heavy (non-hydrogen) atoms. The summed E-state index contributed by atoms with van der Waals surface area (Å²) in [5.74, 6) is 0. The quantitative estimate of drug-likeness (QED) is 0.548. The molecule has 0 amide bonds. The van der Waals surface area contributed by atoms with Crippen molar-refractivity contribution in [2.45, 2.75) is 77.9 Å². The van der Waals surface area contributed by atoms with Crippen molar-refractivity contribution in [3.05, 3.63) is 11.8 Å². The van der Waals surface area contributed by atoms with Crippen molar-refractivity contribution in [3.8, 4) is 0 Å². The van der Waals surface area contributed by atoms with Crippen LogP contribution in [0.25, 0.3) is 0 Å². The molecular weight excluding hydrogens is 310 g/mol. The molecule has 0 saturated carbocycles. The molecule has 0 aliphatic heterocycles. The fourth-order valence-corrected chi connectivity index (χ4v) is 16.3. The minimum absolute atomic E-state index is 0.749. The summed E-state index contributed by atoms with van der Waals surface area (Å²) in [6, 6.07) is 2.34. The Morgan fingerprint density at radius 1 is 0.905 bits per heavy atom. The van der Waals surface area contributed by atoms with E-state index in [9.17, 15) is 0 Å². The van der Waals surface area contributed by atoms with Crippen molar-refractivity contribution >= 4 is 25.2 Å². The molecule has 0 spiro atoms. The van der Waals surface area contributed by atoms with Crippen LogP contribution in [0.4, 0.5) is 0 Å². The molecule has 0 saturated heterocycles. The standard InChI is InChI=1S/C15H37NO2Si3/c1-8-10-14-19(3,4)17-21(7,13-9-2)18-20(5,6)15-11-12-16/h9,13H,8,10-12,14-16H2,1-7H3/b13-9+. The predicted octanol–water partition coefficient (Wildman–Crippen LogP) is 4.77. The molecule has 0 fully saturated rings. The topological polar surface area (TPSA) is 44.5 Å². The number of hydrogen-bond acceptors (Lipinski definition) is 3. The maximum absolute atomic E-state index is 6.66. The maximum Gasteiger partial charge on any atom is 0.340 e. The fraction of sp³-hybridized carbons (Fsp3) is 0.867. The van der Waals surface area contributed by atoms with E-state index in [0.717, 1.165) is 19.0 Å². The van der Waals surface area contributed by atoms with E-state index in [1.807, 2.05) is 0 Å². The van der Waals surface area contributed by atoms with Gasteiger partial charge in [0.05, 0.1) is 0 Å². The fourth-order valence-electron chi connectivity index (χ4n) is 2.72. The molecule has 0 radical (unpaired) electrons. The van der Waals surface area contributed by atoms with E-state index in [2.05, 4.69) is 58.4 Å². The highest BCUT2D eigenvalue weighted by Gasteiger charge is 2.40. The van der Waals surface area contributed by atoms with E-state index in [0.29, 0.717) is 0 Å². The molecule has 0 aromatic rings. The zero-order chi connectivity index (χ0) is 16.6. The van der Waals surface area contributed by atoms with E-state index >= 15 is 0 Å². The highest BCUT2D eigenvalue weighted by atomic mass is 28.5. The van der Waals surface area contributed by atoms with Crippen LogP contribution in [-0.2, 0) is 8.23 Å². The van der Waals surface area contributed by atoms with Gasteiger partial charge >= 0.3 is 8.56 Å². The third-order valence-electron chi connectivity index (χ3n) is 3.54. The Morgan fingerprint density at radius 2 is 1.38 bits per heavy atom. The molecule has 0 aliphatic rings. The summed E-state index contributed by atoms with van der Waals surface area (Å²) in [7, 11) is -5.56. The van der Waals surface area contributed by atoms with Crippen LogP contribution in [-0.4, -0.2) is 31.7 Å². The Bertz CT molecular complexity index is 298. The van der Waals surface area contributed by atoms with Crippen LogP contribution in [0, 0.1) is 0 Å². The summed E-state index contributed by atoms with van der Waals surface area (Å²) in [6.07, 6.45) is 5.65. The largest absolute Gasteiger partial charge is 0.433 e.